The Morgan fingerprint density at radius 2 is 1.79 bits per heavy atom. The minimum Gasteiger partial charge on any atom is -0.337 e. The van der Waals surface area contributed by atoms with Gasteiger partial charge < -0.3 is 9.88 Å². The molecule has 0 aliphatic carbocycles. The number of fused-ring (bicyclic) bond motifs is 1. The first-order chi connectivity index (χ1) is 18.2. The second-order valence-electron chi connectivity index (χ2n) is 9.03. The Morgan fingerprint density at radius 1 is 1.05 bits per heavy atom. The molecule has 0 saturated carbocycles. The van der Waals surface area contributed by atoms with Gasteiger partial charge in [0.15, 0.2) is 5.11 Å². The van der Waals surface area contributed by atoms with E-state index in [2.05, 4.69) is 10.6 Å². The average molecular weight is 527 g/mol. The Morgan fingerprint density at radius 3 is 2.55 bits per heavy atom. The van der Waals surface area contributed by atoms with Crippen molar-refractivity contribution in [1.82, 2.24) is 9.88 Å². The molecular weight excluding hydrogens is 503 g/mol. The van der Waals surface area contributed by atoms with Gasteiger partial charge in [0.1, 0.15) is 17.9 Å². The zero-order chi connectivity index (χ0) is 27.0. The molecule has 1 aliphatic heterocycles. The molecule has 3 aromatic carbocycles. The first-order valence-corrected chi connectivity index (χ1v) is 12.2. The highest BCUT2D eigenvalue weighted by Gasteiger charge is 2.35. The van der Waals surface area contributed by atoms with Crippen LogP contribution in [0.15, 0.2) is 78.5 Å². The minimum atomic E-state index is -0.590. The Kier molecular flexibility index (Phi) is 6.61. The lowest BCUT2D eigenvalue weighted by atomic mass is 10.0. The van der Waals surface area contributed by atoms with Crippen LogP contribution in [-0.2, 0) is 20.9 Å². The molecule has 1 aromatic heterocycles. The van der Waals surface area contributed by atoms with Crippen molar-refractivity contribution >= 4 is 63.4 Å². The predicted molar refractivity (Wildman–Crippen MR) is 149 cm³/mol. The van der Waals surface area contributed by atoms with Gasteiger partial charge in [-0.15, -0.1) is 0 Å². The maximum absolute atomic E-state index is 13.6. The van der Waals surface area contributed by atoms with Gasteiger partial charge in [-0.25, -0.2) is 4.39 Å². The fraction of sp³-hybridized carbons (Fsp3) is 0.103. The minimum absolute atomic E-state index is 0.0192. The maximum atomic E-state index is 13.6. The molecule has 2 N–H and O–H groups in total. The lowest BCUT2D eigenvalue weighted by Gasteiger charge is -2.30. The Bertz CT molecular complexity index is 1660. The summed E-state index contributed by atoms with van der Waals surface area (Å²) in [5.74, 6) is -1.82. The molecule has 1 saturated heterocycles. The summed E-state index contributed by atoms with van der Waals surface area (Å²) in [7, 11) is 0. The summed E-state index contributed by atoms with van der Waals surface area (Å²) in [5, 5.41) is 6.15. The molecule has 2 heterocycles. The van der Waals surface area contributed by atoms with E-state index in [0.717, 1.165) is 22.0 Å². The van der Waals surface area contributed by atoms with Crippen LogP contribution in [0.2, 0.25) is 0 Å². The number of thiocarbonyl (C=S) groups is 1. The summed E-state index contributed by atoms with van der Waals surface area (Å²) in [6, 6.07) is 18.6. The van der Waals surface area contributed by atoms with Gasteiger partial charge in [0.2, 0.25) is 5.91 Å². The molecule has 1 fully saturated rings. The second-order valence-corrected chi connectivity index (χ2v) is 9.42. The van der Waals surface area contributed by atoms with Crippen LogP contribution in [0.3, 0.4) is 0 Å². The molecule has 1 aliphatic rings. The molecule has 3 amide bonds. The fourth-order valence-electron chi connectivity index (χ4n) is 4.40. The SMILES string of the molecule is Cc1ccc(C)c(N2C(=O)/C(=C/c3cn(CC(=O)Nc4ccc(F)cc4)c4ccccc34)C(=O)NC2=S)c1. The first-order valence-electron chi connectivity index (χ1n) is 11.8. The van der Waals surface area contributed by atoms with Gasteiger partial charge in [-0.05, 0) is 79.7 Å². The number of nitrogens with zero attached hydrogens (tertiary/aromatic N) is 2. The van der Waals surface area contributed by atoms with Crippen molar-refractivity contribution in [1.29, 1.82) is 0 Å². The zero-order valence-corrected chi connectivity index (χ0v) is 21.4. The second kappa shape index (κ2) is 10.0. The molecule has 190 valence electrons. The Hall–Kier alpha value is -4.63. The summed E-state index contributed by atoms with van der Waals surface area (Å²) < 4.78 is 14.9. The average Bonchev–Trinajstić information content (AvgIpc) is 3.22. The number of amides is 3. The molecule has 0 unspecified atom stereocenters. The van der Waals surface area contributed by atoms with Gasteiger partial charge in [-0.2, -0.15) is 0 Å². The third-order valence-corrected chi connectivity index (χ3v) is 6.55. The van der Waals surface area contributed by atoms with Gasteiger partial charge in [0, 0.05) is 28.4 Å². The highest BCUT2D eigenvalue weighted by atomic mass is 32.1. The number of hydrogen-bond donors (Lipinski definition) is 2. The fourth-order valence-corrected chi connectivity index (χ4v) is 4.68. The van der Waals surface area contributed by atoms with Gasteiger partial charge in [0.05, 0.1) is 5.69 Å². The molecule has 0 bridgehead atoms. The van der Waals surface area contributed by atoms with Gasteiger partial charge in [-0.1, -0.05) is 30.3 Å². The number of aryl methyl sites for hydroxylation is 2. The third kappa shape index (κ3) is 4.83. The number of rotatable bonds is 5. The predicted octanol–water partition coefficient (Wildman–Crippen LogP) is 4.87. The molecular formula is C29H23FN4O3S. The standard InChI is InChI=1S/C29H23FN4O3S/c1-17-7-8-18(2)25(13-17)34-28(37)23(27(36)32-29(34)38)14-19-15-33(24-6-4-3-5-22(19)24)16-26(35)31-21-11-9-20(30)10-12-21/h3-15H,16H2,1-2H3,(H,31,35)(H,32,36,38)/b23-14+. The molecule has 9 heteroatoms. The van der Waals surface area contributed by atoms with Gasteiger partial charge in [0.25, 0.3) is 11.8 Å². The van der Waals surface area contributed by atoms with E-state index >= 15 is 0 Å². The van der Waals surface area contributed by atoms with Crippen LogP contribution >= 0.6 is 12.2 Å². The van der Waals surface area contributed by atoms with Crippen molar-refractivity contribution in [2.24, 2.45) is 0 Å². The summed E-state index contributed by atoms with van der Waals surface area (Å²) in [6.45, 7) is 3.76. The van der Waals surface area contributed by atoms with Gasteiger partial charge >= 0.3 is 0 Å². The van der Waals surface area contributed by atoms with Crippen LogP contribution in [0, 0.1) is 19.7 Å². The Balaban J connectivity index is 1.49. The largest absolute Gasteiger partial charge is 0.337 e. The number of benzene rings is 3. The number of carbonyl (C=O) groups is 3. The van der Waals surface area contributed by atoms with Crippen LogP contribution in [0.5, 0.6) is 0 Å². The topological polar surface area (TPSA) is 83.4 Å². The van der Waals surface area contributed by atoms with Crippen LogP contribution in [0.1, 0.15) is 16.7 Å². The van der Waals surface area contributed by atoms with Crippen molar-refractivity contribution < 1.29 is 18.8 Å². The van der Waals surface area contributed by atoms with E-state index in [0.29, 0.717) is 16.9 Å². The number of nitrogens with one attached hydrogen (secondary N) is 2. The van der Waals surface area contributed by atoms with Crippen molar-refractivity contribution in [2.75, 3.05) is 10.2 Å². The van der Waals surface area contributed by atoms with Crippen molar-refractivity contribution in [3.05, 3.63) is 101 Å². The lowest BCUT2D eigenvalue weighted by Crippen LogP contribution is -2.54. The quantitative estimate of drug-likeness (QED) is 0.221. The third-order valence-electron chi connectivity index (χ3n) is 6.27. The Labute approximate surface area is 223 Å². The van der Waals surface area contributed by atoms with E-state index < -0.39 is 17.6 Å². The number of para-hydroxylation sites is 1. The summed E-state index contributed by atoms with van der Waals surface area (Å²) in [6.07, 6.45) is 3.24. The molecule has 0 spiro atoms. The summed E-state index contributed by atoms with van der Waals surface area (Å²) in [5.41, 5.74) is 4.14. The van der Waals surface area contributed by atoms with Crippen LogP contribution in [0.4, 0.5) is 15.8 Å². The molecule has 4 aromatic rings. The number of hydrogen-bond acceptors (Lipinski definition) is 4. The molecule has 7 nitrogen and oxygen atoms in total. The summed E-state index contributed by atoms with van der Waals surface area (Å²) >= 11 is 5.35. The first kappa shape index (κ1) is 25.0. The number of anilines is 2. The van der Waals surface area contributed by atoms with E-state index in [4.69, 9.17) is 12.2 Å². The highest BCUT2D eigenvalue weighted by Crippen LogP contribution is 2.29. The van der Waals surface area contributed by atoms with Crippen molar-refractivity contribution in [3.8, 4) is 0 Å². The molecule has 0 radical (unpaired) electrons. The highest BCUT2D eigenvalue weighted by molar-refractivity contribution is 7.80. The van der Waals surface area contributed by atoms with E-state index in [1.165, 1.54) is 35.2 Å². The van der Waals surface area contributed by atoms with Gasteiger partial charge in [-0.3, -0.25) is 24.6 Å². The maximum Gasteiger partial charge on any atom is 0.270 e. The molecule has 0 atom stereocenters. The summed E-state index contributed by atoms with van der Waals surface area (Å²) in [4.78, 5) is 40.5. The zero-order valence-electron chi connectivity index (χ0n) is 20.6. The van der Waals surface area contributed by atoms with E-state index in [-0.39, 0.29) is 23.1 Å². The van der Waals surface area contributed by atoms with Crippen LogP contribution in [-0.4, -0.2) is 27.4 Å². The van der Waals surface area contributed by atoms with E-state index in [1.807, 2.05) is 56.3 Å². The number of carbonyl (C=O) groups excluding carboxylic acids is 3. The van der Waals surface area contributed by atoms with Crippen molar-refractivity contribution in [3.63, 3.8) is 0 Å². The van der Waals surface area contributed by atoms with Crippen LogP contribution < -0.4 is 15.5 Å². The van der Waals surface area contributed by atoms with Crippen LogP contribution in [0.25, 0.3) is 17.0 Å². The van der Waals surface area contributed by atoms with Crippen molar-refractivity contribution in [2.45, 2.75) is 20.4 Å². The molecule has 38 heavy (non-hydrogen) atoms. The van der Waals surface area contributed by atoms with E-state index in [9.17, 15) is 18.8 Å². The smallest absolute Gasteiger partial charge is 0.270 e. The number of halogens is 1. The normalized spacial score (nSPS) is 14.8. The lowest BCUT2D eigenvalue weighted by molar-refractivity contribution is -0.122. The van der Waals surface area contributed by atoms with E-state index in [1.54, 1.807) is 10.8 Å². The molecule has 5 rings (SSSR count). The number of aromatic nitrogens is 1. The monoisotopic (exact) mass is 526 g/mol.